The summed E-state index contributed by atoms with van der Waals surface area (Å²) in [5.41, 5.74) is 3.53. The summed E-state index contributed by atoms with van der Waals surface area (Å²) in [4.78, 5) is 39.7. The molecule has 0 bridgehead atoms. The highest BCUT2D eigenvalue weighted by Gasteiger charge is 2.28. The number of hydrogen-bond acceptors (Lipinski definition) is 4. The van der Waals surface area contributed by atoms with Crippen molar-refractivity contribution in [2.24, 2.45) is 5.92 Å². The fraction of sp³-hybridized carbons (Fsp3) is 0.222. The van der Waals surface area contributed by atoms with Crippen molar-refractivity contribution in [1.29, 1.82) is 0 Å². The highest BCUT2D eigenvalue weighted by atomic mass is 35.5. The number of nitrogens with zero attached hydrogens (tertiary/aromatic N) is 1. The third-order valence-electron chi connectivity index (χ3n) is 5.73. The number of carbonyl (C=O) groups is 3. The predicted octanol–water partition coefficient (Wildman–Crippen LogP) is 5.17. The second-order valence-corrected chi connectivity index (χ2v) is 9.05. The first-order chi connectivity index (χ1) is 16.7. The largest absolute Gasteiger partial charge is 0.472 e. The number of carbonyl (C=O) groups excluding carboxylic acids is 3. The van der Waals surface area contributed by atoms with Gasteiger partial charge in [-0.25, -0.2) is 0 Å². The second kappa shape index (κ2) is 10.2. The lowest BCUT2D eigenvalue weighted by atomic mass is 10.1. The van der Waals surface area contributed by atoms with Crippen LogP contribution in [0.2, 0.25) is 5.02 Å². The number of nitrogens with one attached hydrogen (secondary N) is 2. The van der Waals surface area contributed by atoms with E-state index in [4.69, 9.17) is 16.3 Å². The van der Waals surface area contributed by atoms with E-state index in [2.05, 4.69) is 10.6 Å². The number of para-hydroxylation sites is 1. The monoisotopic (exact) mass is 491 g/mol. The van der Waals surface area contributed by atoms with Crippen molar-refractivity contribution >= 4 is 40.7 Å². The van der Waals surface area contributed by atoms with E-state index in [-0.39, 0.29) is 41.6 Å². The number of aryl methyl sites for hydroxylation is 1. The molecular weight excluding hydrogens is 466 g/mol. The van der Waals surface area contributed by atoms with Crippen LogP contribution in [0.1, 0.15) is 45.7 Å². The number of anilines is 2. The van der Waals surface area contributed by atoms with E-state index in [0.717, 1.165) is 16.8 Å². The van der Waals surface area contributed by atoms with Gasteiger partial charge >= 0.3 is 0 Å². The Hall–Kier alpha value is -3.84. The molecule has 0 aromatic heterocycles. The molecule has 0 aliphatic carbocycles. The summed E-state index contributed by atoms with van der Waals surface area (Å²) in [6.07, 6.45) is 0. The van der Waals surface area contributed by atoms with Gasteiger partial charge in [-0.3, -0.25) is 19.3 Å². The van der Waals surface area contributed by atoms with E-state index in [1.165, 1.54) is 0 Å². The molecule has 7 nitrogen and oxygen atoms in total. The van der Waals surface area contributed by atoms with E-state index in [1.807, 2.05) is 45.0 Å². The number of ether oxygens (including phenoxy) is 1. The molecule has 8 heteroatoms. The summed E-state index contributed by atoms with van der Waals surface area (Å²) in [7, 11) is 0. The number of benzene rings is 3. The van der Waals surface area contributed by atoms with Gasteiger partial charge in [-0.05, 0) is 54.4 Å². The Balaban J connectivity index is 1.53. The van der Waals surface area contributed by atoms with Crippen LogP contribution in [0.5, 0.6) is 5.75 Å². The average Bonchev–Trinajstić information content (AvgIpc) is 2.84. The molecule has 0 radical (unpaired) electrons. The third-order valence-corrected chi connectivity index (χ3v) is 6.06. The molecule has 0 spiro atoms. The Kier molecular flexibility index (Phi) is 7.07. The molecule has 3 aromatic rings. The lowest BCUT2D eigenvalue weighted by Crippen LogP contribution is -2.39. The Bertz CT molecular complexity index is 1310. The molecule has 0 saturated heterocycles. The van der Waals surface area contributed by atoms with Crippen LogP contribution in [0.4, 0.5) is 11.4 Å². The smallest absolute Gasteiger partial charge is 0.264 e. The van der Waals surface area contributed by atoms with Gasteiger partial charge in [0.25, 0.3) is 11.8 Å². The normalized spacial score (nSPS) is 12.7. The molecule has 0 atom stereocenters. The van der Waals surface area contributed by atoms with Gasteiger partial charge < -0.3 is 15.4 Å². The van der Waals surface area contributed by atoms with Gasteiger partial charge in [-0.1, -0.05) is 49.7 Å². The maximum atomic E-state index is 13.2. The molecule has 180 valence electrons. The van der Waals surface area contributed by atoms with Crippen LogP contribution in [0.15, 0.2) is 60.7 Å². The van der Waals surface area contributed by atoms with Crippen molar-refractivity contribution < 1.29 is 19.1 Å². The maximum Gasteiger partial charge on any atom is 0.264 e. The van der Waals surface area contributed by atoms with E-state index >= 15 is 0 Å². The average molecular weight is 492 g/mol. The SMILES string of the molecule is Cc1ccccc1N1COc2ccc(NC(=O)c3cc(CNC(=O)C(C)C)ccc3Cl)cc2C1=O. The zero-order valence-corrected chi connectivity index (χ0v) is 20.5. The molecule has 2 N–H and O–H groups in total. The second-order valence-electron chi connectivity index (χ2n) is 8.64. The first kappa shape index (κ1) is 24.3. The third kappa shape index (κ3) is 5.30. The quantitative estimate of drug-likeness (QED) is 0.498. The molecule has 4 rings (SSSR count). The van der Waals surface area contributed by atoms with Crippen LogP contribution in [0, 0.1) is 12.8 Å². The standard InChI is InChI=1S/C27H26ClN3O4/c1-16(2)25(32)29-14-18-8-10-22(28)20(12-18)26(33)30-19-9-11-24-21(13-19)27(34)31(15-35-24)23-7-5-4-6-17(23)3/h4-13,16H,14-15H2,1-3H3,(H,29,32)(H,30,33). The fourth-order valence-corrected chi connectivity index (χ4v) is 3.94. The van der Waals surface area contributed by atoms with Crippen molar-refractivity contribution in [3.63, 3.8) is 0 Å². The number of rotatable bonds is 6. The molecule has 0 fully saturated rings. The minimum atomic E-state index is -0.424. The molecule has 0 unspecified atom stereocenters. The number of fused-ring (bicyclic) bond motifs is 1. The van der Waals surface area contributed by atoms with Crippen LogP contribution in [-0.4, -0.2) is 24.5 Å². The molecule has 3 amide bonds. The van der Waals surface area contributed by atoms with Gasteiger partial charge in [0.1, 0.15) is 5.75 Å². The van der Waals surface area contributed by atoms with E-state index in [1.54, 1.807) is 41.3 Å². The number of amides is 3. The summed E-state index contributed by atoms with van der Waals surface area (Å²) < 4.78 is 5.80. The van der Waals surface area contributed by atoms with Crippen molar-refractivity contribution in [3.8, 4) is 5.75 Å². The number of halogens is 1. The Morgan fingerprint density at radius 2 is 1.86 bits per heavy atom. The molecule has 3 aromatic carbocycles. The van der Waals surface area contributed by atoms with Crippen LogP contribution in [0.25, 0.3) is 0 Å². The summed E-state index contributed by atoms with van der Waals surface area (Å²) >= 11 is 6.28. The van der Waals surface area contributed by atoms with Crippen LogP contribution >= 0.6 is 11.6 Å². The Labute approximate surface area is 209 Å². The first-order valence-electron chi connectivity index (χ1n) is 11.3. The summed E-state index contributed by atoms with van der Waals surface area (Å²) in [5.74, 6) is -0.391. The summed E-state index contributed by atoms with van der Waals surface area (Å²) in [5, 5.41) is 5.92. The van der Waals surface area contributed by atoms with Crippen molar-refractivity contribution in [2.45, 2.75) is 27.3 Å². The van der Waals surface area contributed by atoms with Crippen LogP contribution < -0.4 is 20.3 Å². The van der Waals surface area contributed by atoms with Crippen molar-refractivity contribution in [3.05, 3.63) is 87.9 Å². The summed E-state index contributed by atoms with van der Waals surface area (Å²) in [6, 6.07) is 17.5. The number of hydrogen-bond donors (Lipinski definition) is 2. The summed E-state index contributed by atoms with van der Waals surface area (Å²) in [6.45, 7) is 5.95. The molecule has 1 aliphatic heterocycles. The predicted molar refractivity (Wildman–Crippen MR) is 136 cm³/mol. The maximum absolute atomic E-state index is 13.2. The zero-order valence-electron chi connectivity index (χ0n) is 19.7. The first-order valence-corrected chi connectivity index (χ1v) is 11.6. The van der Waals surface area contributed by atoms with Crippen LogP contribution in [0.3, 0.4) is 0 Å². The lowest BCUT2D eigenvalue weighted by Gasteiger charge is -2.30. The Morgan fingerprint density at radius 3 is 2.60 bits per heavy atom. The van der Waals surface area contributed by atoms with E-state index in [0.29, 0.717) is 17.0 Å². The van der Waals surface area contributed by atoms with Gasteiger partial charge in [-0.2, -0.15) is 0 Å². The molecule has 1 aliphatic rings. The van der Waals surface area contributed by atoms with Gasteiger partial charge in [-0.15, -0.1) is 0 Å². The highest BCUT2D eigenvalue weighted by Crippen LogP contribution is 2.32. The molecule has 1 heterocycles. The topological polar surface area (TPSA) is 87.7 Å². The van der Waals surface area contributed by atoms with Gasteiger partial charge in [0, 0.05) is 18.2 Å². The van der Waals surface area contributed by atoms with Crippen LogP contribution in [-0.2, 0) is 11.3 Å². The molecule has 35 heavy (non-hydrogen) atoms. The zero-order chi connectivity index (χ0) is 25.1. The van der Waals surface area contributed by atoms with Gasteiger partial charge in [0.15, 0.2) is 6.73 Å². The van der Waals surface area contributed by atoms with E-state index in [9.17, 15) is 14.4 Å². The van der Waals surface area contributed by atoms with Gasteiger partial charge in [0.2, 0.25) is 5.91 Å². The fourth-order valence-electron chi connectivity index (χ4n) is 3.73. The lowest BCUT2D eigenvalue weighted by molar-refractivity contribution is -0.124. The highest BCUT2D eigenvalue weighted by molar-refractivity contribution is 6.34. The minimum Gasteiger partial charge on any atom is -0.472 e. The van der Waals surface area contributed by atoms with Crippen molar-refractivity contribution in [1.82, 2.24) is 5.32 Å². The minimum absolute atomic E-state index is 0.0772. The van der Waals surface area contributed by atoms with Gasteiger partial charge in [0.05, 0.1) is 21.8 Å². The van der Waals surface area contributed by atoms with E-state index < -0.39 is 5.91 Å². The molecule has 0 saturated carbocycles. The Morgan fingerprint density at radius 1 is 1.09 bits per heavy atom. The molecular formula is C27H26ClN3O4. The van der Waals surface area contributed by atoms with Crippen molar-refractivity contribution in [2.75, 3.05) is 16.9 Å².